The summed E-state index contributed by atoms with van der Waals surface area (Å²) in [4.78, 5) is 62.4. The van der Waals surface area contributed by atoms with Gasteiger partial charge in [0.15, 0.2) is 18.4 Å². The van der Waals surface area contributed by atoms with E-state index in [1.54, 1.807) is 14.1 Å². The Bertz CT molecular complexity index is 904. The van der Waals surface area contributed by atoms with Gasteiger partial charge in [-0.05, 0) is 0 Å². The zero-order valence-electron chi connectivity index (χ0n) is 16.7. The summed E-state index contributed by atoms with van der Waals surface area (Å²) >= 11 is 0. The summed E-state index contributed by atoms with van der Waals surface area (Å²) in [6.07, 6.45) is -4.68. The normalized spacial score (nSPS) is 23.3. The van der Waals surface area contributed by atoms with Crippen molar-refractivity contribution in [2.45, 2.75) is 45.3 Å². The van der Waals surface area contributed by atoms with Crippen LogP contribution < -0.4 is 16.1 Å². The van der Waals surface area contributed by atoms with E-state index in [9.17, 15) is 24.0 Å². The highest BCUT2D eigenvalue weighted by Crippen LogP contribution is 2.35. The van der Waals surface area contributed by atoms with Gasteiger partial charge in [-0.15, -0.1) is 0 Å². The first-order chi connectivity index (χ1) is 13.5. The van der Waals surface area contributed by atoms with E-state index >= 15 is 0 Å². The van der Waals surface area contributed by atoms with Gasteiger partial charge in [-0.2, -0.15) is 0 Å². The van der Waals surface area contributed by atoms with Crippen molar-refractivity contribution in [2.24, 2.45) is 0 Å². The number of hydrogen-bond acceptors (Lipinski definition) is 10. The van der Waals surface area contributed by atoms with Crippen LogP contribution in [-0.2, 0) is 33.3 Å². The Hall–Kier alpha value is -3.15. The fourth-order valence-electron chi connectivity index (χ4n) is 2.98. The van der Waals surface area contributed by atoms with E-state index in [0.717, 1.165) is 24.5 Å². The molecule has 1 aromatic heterocycles. The average molecular weight is 413 g/mol. The molecule has 0 aliphatic carbocycles. The minimum absolute atomic E-state index is 0.163. The smallest absolute Gasteiger partial charge is 0.332 e. The van der Waals surface area contributed by atoms with E-state index < -0.39 is 53.7 Å². The van der Waals surface area contributed by atoms with Gasteiger partial charge in [-0.1, -0.05) is 0 Å². The van der Waals surface area contributed by atoms with Gasteiger partial charge in [0.1, 0.15) is 18.5 Å². The number of anilines is 1. The van der Waals surface area contributed by atoms with Crippen molar-refractivity contribution in [2.75, 3.05) is 25.6 Å². The van der Waals surface area contributed by atoms with E-state index in [-0.39, 0.29) is 12.4 Å². The first kappa shape index (κ1) is 22.1. The second-order valence-corrected chi connectivity index (χ2v) is 6.58. The molecule has 1 N–H and O–H groups in total. The van der Waals surface area contributed by atoms with Crippen molar-refractivity contribution >= 4 is 23.7 Å². The zero-order chi connectivity index (χ0) is 21.9. The first-order valence-electron chi connectivity index (χ1n) is 8.67. The molecular weight excluding hydrogens is 390 g/mol. The molecule has 4 atom stereocenters. The van der Waals surface area contributed by atoms with Gasteiger partial charge in [0.25, 0.3) is 5.56 Å². The van der Waals surface area contributed by atoms with Crippen LogP contribution in [0.25, 0.3) is 0 Å². The third-order valence-electron chi connectivity index (χ3n) is 4.01. The van der Waals surface area contributed by atoms with Crippen LogP contribution in [0.4, 0.5) is 5.82 Å². The number of rotatable bonds is 6. The summed E-state index contributed by atoms with van der Waals surface area (Å²) < 4.78 is 22.4. The van der Waals surface area contributed by atoms with E-state index in [2.05, 4.69) is 4.98 Å². The summed E-state index contributed by atoms with van der Waals surface area (Å²) in [5.41, 5.74) is -1.46. The Morgan fingerprint density at radius 2 is 1.66 bits per heavy atom. The zero-order valence-corrected chi connectivity index (χ0v) is 16.7. The van der Waals surface area contributed by atoms with Crippen LogP contribution in [-0.4, -0.2) is 66.5 Å². The number of H-pyrrole nitrogens is 1. The van der Waals surface area contributed by atoms with Gasteiger partial charge in [0, 0.05) is 40.9 Å². The van der Waals surface area contributed by atoms with Crippen LogP contribution >= 0.6 is 0 Å². The largest absolute Gasteiger partial charge is 0.463 e. The monoisotopic (exact) mass is 413 g/mol. The Kier molecular flexibility index (Phi) is 6.80. The van der Waals surface area contributed by atoms with Crippen LogP contribution in [0.2, 0.25) is 0 Å². The Morgan fingerprint density at radius 3 is 2.17 bits per heavy atom. The Labute approximate surface area is 165 Å². The molecule has 2 rings (SSSR count). The predicted octanol–water partition coefficient (Wildman–Crippen LogP) is -1.07. The number of hydrogen-bond donors (Lipinski definition) is 1. The van der Waals surface area contributed by atoms with Gasteiger partial charge in [-0.3, -0.25) is 24.2 Å². The van der Waals surface area contributed by atoms with Crippen molar-refractivity contribution in [1.29, 1.82) is 0 Å². The fourth-order valence-corrected chi connectivity index (χ4v) is 2.98. The minimum atomic E-state index is -1.26. The van der Waals surface area contributed by atoms with Crippen LogP contribution in [0, 0.1) is 0 Å². The third kappa shape index (κ3) is 5.22. The molecule has 0 spiro atoms. The van der Waals surface area contributed by atoms with Crippen molar-refractivity contribution in [3.63, 3.8) is 0 Å². The minimum Gasteiger partial charge on any atom is -0.463 e. The molecule has 0 unspecified atom stereocenters. The summed E-state index contributed by atoms with van der Waals surface area (Å²) in [5.74, 6) is -1.84. The molecule has 1 aliphatic rings. The maximum Gasteiger partial charge on any atom is 0.332 e. The third-order valence-corrected chi connectivity index (χ3v) is 4.01. The predicted molar refractivity (Wildman–Crippen MR) is 97.3 cm³/mol. The molecule has 160 valence electrons. The number of esters is 3. The summed E-state index contributed by atoms with van der Waals surface area (Å²) in [6, 6.07) is 1.16. The lowest BCUT2D eigenvalue weighted by atomic mass is 10.1. The topological polar surface area (TPSA) is 146 Å². The van der Waals surface area contributed by atoms with Gasteiger partial charge in [0.2, 0.25) is 0 Å². The Balaban J connectivity index is 2.58. The van der Waals surface area contributed by atoms with Crippen LogP contribution in [0.1, 0.15) is 27.0 Å². The number of ether oxygens (including phenoxy) is 4. The highest BCUT2D eigenvalue weighted by atomic mass is 16.7. The van der Waals surface area contributed by atoms with Crippen molar-refractivity contribution < 1.29 is 33.3 Å². The molecule has 12 nitrogen and oxygen atoms in total. The molecule has 1 fully saturated rings. The lowest BCUT2D eigenvalue weighted by Crippen LogP contribution is -2.43. The Morgan fingerprint density at radius 1 is 1.07 bits per heavy atom. The maximum atomic E-state index is 12.6. The number of nitrogens with one attached hydrogen (secondary N) is 1. The maximum absolute atomic E-state index is 12.6. The van der Waals surface area contributed by atoms with Crippen LogP contribution in [0.3, 0.4) is 0 Å². The van der Waals surface area contributed by atoms with Gasteiger partial charge >= 0.3 is 23.6 Å². The number of carbonyl (C=O) groups is 3. The molecule has 1 aliphatic heterocycles. The van der Waals surface area contributed by atoms with Crippen LogP contribution in [0.15, 0.2) is 15.7 Å². The number of aromatic amines is 1. The summed E-state index contributed by atoms with van der Waals surface area (Å²) in [6.45, 7) is 3.17. The molecule has 1 saturated heterocycles. The van der Waals surface area contributed by atoms with Crippen molar-refractivity contribution in [1.82, 2.24) is 9.55 Å². The average Bonchev–Trinajstić information content (AvgIpc) is 2.88. The molecule has 0 amide bonds. The van der Waals surface area contributed by atoms with Crippen molar-refractivity contribution in [3.05, 3.63) is 26.9 Å². The number of carbonyl (C=O) groups excluding carboxylic acids is 3. The highest BCUT2D eigenvalue weighted by molar-refractivity contribution is 5.68. The van der Waals surface area contributed by atoms with Gasteiger partial charge in [0.05, 0.1) is 0 Å². The molecule has 2 heterocycles. The number of aromatic nitrogens is 2. The van der Waals surface area contributed by atoms with E-state index in [4.69, 9.17) is 18.9 Å². The van der Waals surface area contributed by atoms with E-state index in [0.29, 0.717) is 0 Å². The molecule has 0 bridgehead atoms. The number of nitrogens with zero attached hydrogens (tertiary/aromatic N) is 2. The van der Waals surface area contributed by atoms with Gasteiger partial charge in [-0.25, -0.2) is 9.36 Å². The SMILES string of the molecule is CC(=O)OC[C@H]1O[C@@H](n2c(N(C)C)cc(=O)[nH]c2=O)[C@H](OC(C)=O)[C@@H]1OC(C)=O. The van der Waals surface area contributed by atoms with Crippen molar-refractivity contribution in [3.8, 4) is 0 Å². The van der Waals surface area contributed by atoms with E-state index in [1.165, 1.54) is 11.8 Å². The van der Waals surface area contributed by atoms with Gasteiger partial charge < -0.3 is 23.8 Å². The molecule has 0 radical (unpaired) electrons. The lowest BCUT2D eigenvalue weighted by Gasteiger charge is -2.27. The summed E-state index contributed by atoms with van der Waals surface area (Å²) in [7, 11) is 3.20. The van der Waals surface area contributed by atoms with Crippen LogP contribution in [0.5, 0.6) is 0 Å². The molecule has 1 aromatic rings. The molecule has 12 heteroatoms. The molecule has 0 aromatic carbocycles. The first-order valence-corrected chi connectivity index (χ1v) is 8.67. The molecule has 0 saturated carbocycles. The second-order valence-electron chi connectivity index (χ2n) is 6.58. The van der Waals surface area contributed by atoms with E-state index in [1.807, 2.05) is 0 Å². The second kappa shape index (κ2) is 8.90. The molecule has 29 heavy (non-hydrogen) atoms. The quantitative estimate of drug-likeness (QED) is 0.451. The fraction of sp³-hybridized carbons (Fsp3) is 0.588. The summed E-state index contributed by atoms with van der Waals surface area (Å²) in [5, 5.41) is 0. The highest BCUT2D eigenvalue weighted by Gasteiger charge is 2.51. The lowest BCUT2D eigenvalue weighted by molar-refractivity contribution is -0.166. The molecular formula is C17H23N3O9. The standard InChI is InChI=1S/C17H23N3O9/c1-8(21)26-7-11-14(27-9(2)22)15(28-10(3)23)16(29-11)20-13(19(4)5)6-12(24)18-17(20)25/h6,11,14-16H,7H2,1-5H3,(H,18,24,25)/t11-,14-,15-,16-/m1/s1.